The van der Waals surface area contributed by atoms with Crippen molar-refractivity contribution in [2.45, 2.75) is 57.4 Å². The number of rotatable bonds is 3. The van der Waals surface area contributed by atoms with Crippen molar-refractivity contribution in [2.75, 3.05) is 0 Å². The minimum atomic E-state index is -1.02. The summed E-state index contributed by atoms with van der Waals surface area (Å²) in [4.78, 5) is 37.6. The first-order valence-corrected chi connectivity index (χ1v) is 7.71. The maximum absolute atomic E-state index is 12.4. The Balaban J connectivity index is 1.86. The van der Waals surface area contributed by atoms with Crippen LogP contribution < -0.4 is 0 Å². The molecule has 1 aliphatic heterocycles. The molecule has 0 radical (unpaired) electrons. The van der Waals surface area contributed by atoms with Crippen molar-refractivity contribution < 1.29 is 19.5 Å². The number of hydrogen-bond acceptors (Lipinski definition) is 3. The number of fused-ring (bicyclic) bond motifs is 1. The first kappa shape index (κ1) is 13.6. The molecule has 3 rings (SSSR count). The molecule has 0 aromatic carbocycles. The normalized spacial score (nSPS) is 32.5. The van der Waals surface area contributed by atoms with Crippen LogP contribution in [0.5, 0.6) is 0 Å². The molecule has 0 spiro atoms. The van der Waals surface area contributed by atoms with Crippen molar-refractivity contribution in [3.05, 3.63) is 0 Å². The molecule has 0 aromatic heterocycles. The van der Waals surface area contributed by atoms with E-state index >= 15 is 0 Å². The minimum Gasteiger partial charge on any atom is -0.480 e. The number of carbonyl (C=O) groups excluding carboxylic acids is 2. The molecule has 0 bridgehead atoms. The van der Waals surface area contributed by atoms with E-state index < -0.39 is 12.0 Å². The number of nitrogens with zero attached hydrogens (tertiary/aromatic N) is 1. The van der Waals surface area contributed by atoms with Gasteiger partial charge in [-0.05, 0) is 31.6 Å². The second-order valence-electron chi connectivity index (χ2n) is 6.37. The molecular formula is C15H21NO4. The van der Waals surface area contributed by atoms with E-state index in [1.165, 1.54) is 0 Å². The van der Waals surface area contributed by atoms with Crippen molar-refractivity contribution in [2.24, 2.45) is 17.8 Å². The first-order valence-electron chi connectivity index (χ1n) is 7.71. The molecular weight excluding hydrogens is 258 g/mol. The largest absolute Gasteiger partial charge is 0.480 e. The quantitative estimate of drug-likeness (QED) is 0.799. The zero-order valence-electron chi connectivity index (χ0n) is 11.6. The summed E-state index contributed by atoms with van der Waals surface area (Å²) in [6.45, 7) is 0. The van der Waals surface area contributed by atoms with Gasteiger partial charge in [-0.3, -0.25) is 14.5 Å². The van der Waals surface area contributed by atoms with E-state index in [0.717, 1.165) is 56.3 Å². The lowest BCUT2D eigenvalue weighted by molar-refractivity contribution is -0.158. The average Bonchev–Trinajstić information content (AvgIpc) is 3.00. The van der Waals surface area contributed by atoms with Crippen molar-refractivity contribution in [1.29, 1.82) is 0 Å². The van der Waals surface area contributed by atoms with E-state index in [1.54, 1.807) is 0 Å². The molecule has 5 heteroatoms. The smallest absolute Gasteiger partial charge is 0.327 e. The number of imide groups is 1. The third kappa shape index (κ3) is 2.03. The Morgan fingerprint density at radius 2 is 1.50 bits per heavy atom. The molecule has 3 aliphatic rings. The van der Waals surface area contributed by atoms with Gasteiger partial charge in [-0.15, -0.1) is 0 Å². The topological polar surface area (TPSA) is 74.7 Å². The Hall–Kier alpha value is -1.39. The zero-order chi connectivity index (χ0) is 14.3. The van der Waals surface area contributed by atoms with Crippen molar-refractivity contribution in [3.63, 3.8) is 0 Å². The predicted molar refractivity (Wildman–Crippen MR) is 70.7 cm³/mol. The van der Waals surface area contributed by atoms with Gasteiger partial charge in [0.15, 0.2) is 0 Å². The highest BCUT2D eigenvalue weighted by molar-refractivity contribution is 6.08. The summed E-state index contributed by atoms with van der Waals surface area (Å²) in [5, 5.41) is 9.54. The highest BCUT2D eigenvalue weighted by Gasteiger charge is 2.54. The minimum absolute atomic E-state index is 0.0621. The van der Waals surface area contributed by atoms with Gasteiger partial charge < -0.3 is 5.11 Å². The van der Waals surface area contributed by atoms with Gasteiger partial charge in [0, 0.05) is 0 Å². The van der Waals surface area contributed by atoms with E-state index in [1.807, 2.05) is 0 Å². The van der Waals surface area contributed by atoms with Crippen LogP contribution in [0.25, 0.3) is 0 Å². The van der Waals surface area contributed by atoms with E-state index in [0.29, 0.717) is 0 Å². The Morgan fingerprint density at radius 1 is 0.950 bits per heavy atom. The second kappa shape index (κ2) is 5.19. The third-order valence-corrected chi connectivity index (χ3v) is 5.25. The summed E-state index contributed by atoms with van der Waals surface area (Å²) >= 11 is 0. The van der Waals surface area contributed by atoms with Gasteiger partial charge in [-0.1, -0.05) is 25.7 Å². The summed E-state index contributed by atoms with van der Waals surface area (Å²) in [5.41, 5.74) is 0. The van der Waals surface area contributed by atoms with Crippen LogP contribution in [0.1, 0.15) is 51.4 Å². The SMILES string of the molecule is O=C(O)C(C1CCCCC1)N1C(=O)C2CCCC2C1=O. The molecule has 20 heavy (non-hydrogen) atoms. The summed E-state index contributed by atoms with van der Waals surface area (Å²) in [5.74, 6) is -2.02. The standard InChI is InChI=1S/C15H21NO4/c17-13-10-7-4-8-11(10)14(18)16(13)12(15(19)20)9-5-2-1-3-6-9/h9-12H,1-8H2,(H,19,20). The molecule has 1 saturated heterocycles. The molecule has 1 heterocycles. The molecule has 3 unspecified atom stereocenters. The van der Waals surface area contributed by atoms with Crippen LogP contribution in [0, 0.1) is 17.8 Å². The van der Waals surface area contributed by atoms with Crippen molar-refractivity contribution in [3.8, 4) is 0 Å². The highest BCUT2D eigenvalue weighted by Crippen LogP contribution is 2.42. The zero-order valence-corrected chi connectivity index (χ0v) is 11.6. The van der Waals surface area contributed by atoms with Gasteiger partial charge in [0.1, 0.15) is 6.04 Å². The van der Waals surface area contributed by atoms with Gasteiger partial charge in [-0.2, -0.15) is 0 Å². The number of carboxylic acid groups (broad SMARTS) is 1. The van der Waals surface area contributed by atoms with E-state index in [-0.39, 0.29) is 29.6 Å². The summed E-state index contributed by atoms with van der Waals surface area (Å²) in [6, 6.07) is -0.930. The molecule has 3 atom stereocenters. The Labute approximate surface area is 118 Å². The fourth-order valence-corrected chi connectivity index (χ4v) is 4.26. The van der Waals surface area contributed by atoms with Crippen LogP contribution in [0.4, 0.5) is 0 Å². The average molecular weight is 279 g/mol. The Kier molecular flexibility index (Phi) is 3.52. The van der Waals surface area contributed by atoms with Crippen LogP contribution in [-0.2, 0) is 14.4 Å². The lowest BCUT2D eigenvalue weighted by Gasteiger charge is -2.33. The Morgan fingerprint density at radius 3 is 2.00 bits per heavy atom. The molecule has 5 nitrogen and oxygen atoms in total. The van der Waals surface area contributed by atoms with Crippen LogP contribution >= 0.6 is 0 Å². The van der Waals surface area contributed by atoms with Crippen LogP contribution in [0.2, 0.25) is 0 Å². The Bertz CT molecular complexity index is 419. The fraction of sp³-hybridized carbons (Fsp3) is 0.800. The van der Waals surface area contributed by atoms with Crippen molar-refractivity contribution in [1.82, 2.24) is 4.90 Å². The fourth-order valence-electron chi connectivity index (χ4n) is 4.26. The molecule has 2 amide bonds. The van der Waals surface area contributed by atoms with E-state index in [2.05, 4.69) is 0 Å². The van der Waals surface area contributed by atoms with Crippen LogP contribution in [0.3, 0.4) is 0 Å². The maximum Gasteiger partial charge on any atom is 0.327 e. The number of carbonyl (C=O) groups is 3. The second-order valence-corrected chi connectivity index (χ2v) is 6.37. The third-order valence-electron chi connectivity index (χ3n) is 5.25. The number of likely N-dealkylation sites (tertiary alicyclic amines) is 1. The highest BCUT2D eigenvalue weighted by atomic mass is 16.4. The lowest BCUT2D eigenvalue weighted by Crippen LogP contribution is -2.50. The number of carboxylic acids is 1. The molecule has 0 aromatic rings. The molecule has 2 aliphatic carbocycles. The molecule has 110 valence electrons. The summed E-state index contributed by atoms with van der Waals surface area (Å²) in [6.07, 6.45) is 7.12. The van der Waals surface area contributed by atoms with Gasteiger partial charge in [-0.25, -0.2) is 4.79 Å². The van der Waals surface area contributed by atoms with E-state index in [4.69, 9.17) is 0 Å². The number of hydrogen-bond donors (Lipinski definition) is 1. The van der Waals surface area contributed by atoms with Crippen LogP contribution in [0.15, 0.2) is 0 Å². The predicted octanol–water partition coefficient (Wildman–Crippen LogP) is 1.81. The van der Waals surface area contributed by atoms with Gasteiger partial charge in [0.05, 0.1) is 11.8 Å². The number of aliphatic carboxylic acids is 1. The lowest BCUT2D eigenvalue weighted by atomic mass is 9.83. The maximum atomic E-state index is 12.4. The van der Waals surface area contributed by atoms with E-state index in [9.17, 15) is 19.5 Å². The van der Waals surface area contributed by atoms with Crippen molar-refractivity contribution >= 4 is 17.8 Å². The van der Waals surface area contributed by atoms with Gasteiger partial charge in [0.2, 0.25) is 11.8 Å². The number of amides is 2. The summed E-state index contributed by atoms with van der Waals surface area (Å²) < 4.78 is 0. The summed E-state index contributed by atoms with van der Waals surface area (Å²) in [7, 11) is 0. The monoisotopic (exact) mass is 279 g/mol. The van der Waals surface area contributed by atoms with Crippen LogP contribution in [-0.4, -0.2) is 33.8 Å². The van der Waals surface area contributed by atoms with Gasteiger partial charge >= 0.3 is 5.97 Å². The molecule has 1 N–H and O–H groups in total. The molecule has 2 saturated carbocycles. The first-order chi connectivity index (χ1) is 9.61. The molecule has 3 fully saturated rings. The van der Waals surface area contributed by atoms with Gasteiger partial charge in [0.25, 0.3) is 0 Å².